The monoisotopic (exact) mass is 585 g/mol. The highest BCUT2D eigenvalue weighted by Crippen LogP contribution is 2.44. The molecule has 2 aliphatic rings. The van der Waals surface area contributed by atoms with Gasteiger partial charge in [-0.2, -0.15) is 0 Å². The molecule has 10 nitrogen and oxygen atoms in total. The van der Waals surface area contributed by atoms with E-state index in [1.165, 1.54) is 4.90 Å². The molecule has 0 bridgehead atoms. The van der Waals surface area contributed by atoms with Crippen LogP contribution in [0.5, 0.6) is 0 Å². The topological polar surface area (TPSA) is 134 Å². The number of ether oxygens (including phenoxy) is 2. The van der Waals surface area contributed by atoms with E-state index in [4.69, 9.17) is 9.47 Å². The number of alkyl carbamates (subject to hydrolysis) is 2. The van der Waals surface area contributed by atoms with Crippen molar-refractivity contribution in [3.63, 3.8) is 0 Å². The van der Waals surface area contributed by atoms with Gasteiger partial charge in [0, 0.05) is 19.0 Å². The summed E-state index contributed by atoms with van der Waals surface area (Å²) in [5.74, 6) is -1.65. The summed E-state index contributed by atoms with van der Waals surface area (Å²) < 4.78 is 10.7. The highest BCUT2D eigenvalue weighted by molar-refractivity contribution is 5.91. The van der Waals surface area contributed by atoms with Crippen molar-refractivity contribution in [2.24, 2.45) is 0 Å². The van der Waals surface area contributed by atoms with Crippen LogP contribution in [0.25, 0.3) is 11.1 Å². The molecular formula is C33H35N3O7. The average molecular weight is 586 g/mol. The molecule has 43 heavy (non-hydrogen) atoms. The van der Waals surface area contributed by atoms with E-state index in [9.17, 15) is 24.3 Å². The highest BCUT2D eigenvalue weighted by atomic mass is 16.6. The second-order valence-corrected chi connectivity index (χ2v) is 10.7. The fraction of sp³-hybridized carbons (Fsp3) is 0.333. The van der Waals surface area contributed by atoms with Gasteiger partial charge in [-0.25, -0.2) is 14.4 Å². The number of aliphatic carboxylic acids is 1. The number of fused-ring (bicyclic) bond motifs is 3. The Morgan fingerprint density at radius 3 is 2.19 bits per heavy atom. The molecule has 0 aromatic heterocycles. The lowest BCUT2D eigenvalue weighted by molar-refractivity contribution is -0.149. The molecule has 10 heteroatoms. The Morgan fingerprint density at radius 1 is 0.860 bits per heavy atom. The predicted octanol–water partition coefficient (Wildman–Crippen LogP) is 4.68. The van der Waals surface area contributed by atoms with Crippen LogP contribution < -0.4 is 10.6 Å². The number of nitrogens with one attached hydrogen (secondary N) is 2. The predicted molar refractivity (Wildman–Crippen MR) is 158 cm³/mol. The van der Waals surface area contributed by atoms with Crippen molar-refractivity contribution in [2.75, 3.05) is 19.7 Å². The molecule has 5 rings (SSSR count). The molecule has 1 heterocycles. The maximum absolute atomic E-state index is 13.1. The lowest BCUT2D eigenvalue weighted by atomic mass is 9.98. The zero-order valence-electron chi connectivity index (χ0n) is 23.7. The first kappa shape index (κ1) is 29.6. The van der Waals surface area contributed by atoms with E-state index < -0.39 is 36.1 Å². The van der Waals surface area contributed by atoms with Crippen molar-refractivity contribution in [3.8, 4) is 11.1 Å². The van der Waals surface area contributed by atoms with Gasteiger partial charge < -0.3 is 30.1 Å². The maximum Gasteiger partial charge on any atom is 0.407 e. The number of carboxylic acids is 1. The van der Waals surface area contributed by atoms with Crippen LogP contribution in [0.2, 0.25) is 0 Å². The number of carbonyl (C=O) groups is 4. The van der Waals surface area contributed by atoms with Crippen LogP contribution in [-0.2, 0) is 25.7 Å². The first-order valence-corrected chi connectivity index (χ1v) is 14.5. The summed E-state index contributed by atoms with van der Waals surface area (Å²) in [6.45, 7) is 0.820. The first-order chi connectivity index (χ1) is 20.9. The number of benzene rings is 3. The van der Waals surface area contributed by atoms with E-state index in [0.717, 1.165) is 27.8 Å². The number of amides is 3. The van der Waals surface area contributed by atoms with Gasteiger partial charge in [-0.1, -0.05) is 78.9 Å². The summed E-state index contributed by atoms with van der Waals surface area (Å²) in [7, 11) is 0. The Kier molecular flexibility index (Phi) is 9.56. The summed E-state index contributed by atoms with van der Waals surface area (Å²) in [6.07, 6.45) is 0.258. The van der Waals surface area contributed by atoms with Gasteiger partial charge in [0.05, 0.1) is 0 Å². The van der Waals surface area contributed by atoms with Crippen LogP contribution in [0.15, 0.2) is 78.9 Å². The van der Waals surface area contributed by atoms with Gasteiger partial charge in [-0.05, 0) is 53.5 Å². The average Bonchev–Trinajstić information content (AvgIpc) is 3.54. The molecule has 1 saturated heterocycles. The van der Waals surface area contributed by atoms with E-state index >= 15 is 0 Å². The van der Waals surface area contributed by atoms with E-state index in [0.29, 0.717) is 25.8 Å². The normalized spacial score (nSPS) is 16.2. The quantitative estimate of drug-likeness (QED) is 0.263. The summed E-state index contributed by atoms with van der Waals surface area (Å²) in [5, 5.41) is 15.1. The Balaban J connectivity index is 1.05. The summed E-state index contributed by atoms with van der Waals surface area (Å²) in [6, 6.07) is 23.5. The van der Waals surface area contributed by atoms with Crippen LogP contribution in [-0.4, -0.2) is 65.8 Å². The molecule has 3 N–H and O–H groups in total. The first-order valence-electron chi connectivity index (χ1n) is 14.5. The number of rotatable bonds is 12. The molecule has 1 aliphatic heterocycles. The SMILES string of the molecule is O=C(NCCCC[C@@H](C(=O)O)N1CC[C@H](NC(=O)OCC2c3ccccc3-c3ccccc32)C1=O)OCc1ccccc1. The van der Waals surface area contributed by atoms with Crippen molar-refractivity contribution < 1.29 is 33.8 Å². The van der Waals surface area contributed by atoms with Crippen molar-refractivity contribution >= 4 is 24.1 Å². The second-order valence-electron chi connectivity index (χ2n) is 10.7. The number of unbranched alkanes of at least 4 members (excludes halogenated alkanes) is 1. The molecule has 0 unspecified atom stereocenters. The Bertz CT molecular complexity index is 1420. The van der Waals surface area contributed by atoms with Crippen molar-refractivity contribution in [1.29, 1.82) is 0 Å². The van der Waals surface area contributed by atoms with Crippen molar-refractivity contribution in [2.45, 2.75) is 50.3 Å². The van der Waals surface area contributed by atoms with Crippen LogP contribution in [0.1, 0.15) is 48.3 Å². The summed E-state index contributed by atoms with van der Waals surface area (Å²) in [5.41, 5.74) is 5.29. The smallest absolute Gasteiger partial charge is 0.407 e. The van der Waals surface area contributed by atoms with E-state index in [2.05, 4.69) is 22.8 Å². The van der Waals surface area contributed by atoms with Gasteiger partial charge in [0.1, 0.15) is 25.3 Å². The fourth-order valence-corrected chi connectivity index (χ4v) is 5.77. The molecule has 1 fully saturated rings. The van der Waals surface area contributed by atoms with E-state index in [1.54, 1.807) is 0 Å². The minimum Gasteiger partial charge on any atom is -0.480 e. The van der Waals surface area contributed by atoms with E-state index in [-0.39, 0.29) is 32.1 Å². The molecular weight excluding hydrogens is 550 g/mol. The van der Waals surface area contributed by atoms with Gasteiger partial charge in [-0.3, -0.25) is 4.79 Å². The largest absolute Gasteiger partial charge is 0.480 e. The van der Waals surface area contributed by atoms with Crippen molar-refractivity contribution in [3.05, 3.63) is 95.6 Å². The molecule has 3 amide bonds. The number of nitrogens with zero attached hydrogens (tertiary/aromatic N) is 1. The van der Waals surface area contributed by atoms with Crippen LogP contribution in [0.3, 0.4) is 0 Å². The number of hydrogen-bond donors (Lipinski definition) is 3. The third-order valence-electron chi connectivity index (χ3n) is 7.92. The van der Waals surface area contributed by atoms with E-state index in [1.807, 2.05) is 66.7 Å². The summed E-state index contributed by atoms with van der Waals surface area (Å²) >= 11 is 0. The molecule has 0 spiro atoms. The Labute approximate surface area is 250 Å². The second kappa shape index (κ2) is 13.9. The van der Waals surface area contributed by atoms with Crippen molar-refractivity contribution in [1.82, 2.24) is 15.5 Å². The lowest BCUT2D eigenvalue weighted by Gasteiger charge is -2.25. The Morgan fingerprint density at radius 2 is 1.51 bits per heavy atom. The molecule has 3 aromatic rings. The number of hydrogen-bond acceptors (Lipinski definition) is 6. The highest BCUT2D eigenvalue weighted by Gasteiger charge is 2.40. The molecule has 1 aliphatic carbocycles. The third kappa shape index (κ3) is 7.14. The number of likely N-dealkylation sites (tertiary alicyclic amines) is 1. The minimum atomic E-state index is -1.11. The number of carboxylic acid groups (broad SMARTS) is 1. The van der Waals surface area contributed by atoms with Gasteiger partial charge in [0.2, 0.25) is 5.91 Å². The third-order valence-corrected chi connectivity index (χ3v) is 7.92. The fourth-order valence-electron chi connectivity index (χ4n) is 5.77. The molecule has 2 atom stereocenters. The minimum absolute atomic E-state index is 0.106. The molecule has 0 radical (unpaired) electrons. The van der Waals surface area contributed by atoms with Gasteiger partial charge >= 0.3 is 18.2 Å². The lowest BCUT2D eigenvalue weighted by Crippen LogP contribution is -2.47. The maximum atomic E-state index is 13.1. The molecule has 224 valence electrons. The van der Waals surface area contributed by atoms with Gasteiger partial charge in [-0.15, -0.1) is 0 Å². The van der Waals surface area contributed by atoms with Crippen LogP contribution in [0, 0.1) is 0 Å². The van der Waals surface area contributed by atoms with Gasteiger partial charge in [0.15, 0.2) is 0 Å². The zero-order chi connectivity index (χ0) is 30.2. The standard InChI is InChI=1S/C33H35N3O7/c37-30-28(35-33(41)43-21-27-25-14-6-4-12-23(25)24-13-5-7-15-26(24)27)17-19-36(30)29(31(38)39)16-8-9-18-34-32(40)42-20-22-10-2-1-3-11-22/h1-7,10-15,27-29H,8-9,16-21H2,(H,34,40)(H,35,41)(H,38,39)/t28-,29-/m0/s1. The van der Waals surface area contributed by atoms with Gasteiger partial charge in [0.25, 0.3) is 0 Å². The molecule has 3 aromatic carbocycles. The van der Waals surface area contributed by atoms with Crippen LogP contribution >= 0.6 is 0 Å². The zero-order valence-corrected chi connectivity index (χ0v) is 23.7. The Hall–Kier alpha value is -4.86. The van der Waals surface area contributed by atoms with Crippen LogP contribution in [0.4, 0.5) is 9.59 Å². The number of carbonyl (C=O) groups excluding carboxylic acids is 3. The molecule has 0 saturated carbocycles. The summed E-state index contributed by atoms with van der Waals surface area (Å²) in [4.78, 5) is 51.0.